The highest BCUT2D eigenvalue weighted by atomic mass is 16.2. The Labute approximate surface area is 157 Å². The number of aromatic amines is 1. The quantitative estimate of drug-likeness (QED) is 0.766. The zero-order chi connectivity index (χ0) is 18.8. The summed E-state index contributed by atoms with van der Waals surface area (Å²) >= 11 is 0. The Hall–Kier alpha value is -2.96. The van der Waals surface area contributed by atoms with Crippen molar-refractivity contribution < 1.29 is 4.79 Å². The second kappa shape index (κ2) is 7.34. The van der Waals surface area contributed by atoms with Crippen molar-refractivity contribution in [2.75, 3.05) is 13.1 Å². The number of nitrogens with zero attached hydrogens (tertiary/aromatic N) is 4. The van der Waals surface area contributed by atoms with Gasteiger partial charge in [0.05, 0.1) is 11.0 Å². The number of aryl methyl sites for hydroxylation is 2. The Morgan fingerprint density at radius 3 is 2.78 bits per heavy atom. The monoisotopic (exact) mass is 365 g/mol. The zero-order valence-electron chi connectivity index (χ0n) is 15.4. The average Bonchev–Trinajstić information content (AvgIpc) is 3.12. The molecule has 7 heteroatoms. The lowest BCUT2D eigenvalue weighted by Crippen LogP contribution is -2.38. The number of piperidine rings is 1. The van der Waals surface area contributed by atoms with Crippen molar-refractivity contribution in [1.82, 2.24) is 24.4 Å². The molecule has 4 rings (SSSR count). The number of hydrogen-bond acceptors (Lipinski definition) is 4. The number of likely N-dealkylation sites (tertiary alicyclic amines) is 1. The van der Waals surface area contributed by atoms with Crippen LogP contribution in [0.5, 0.6) is 0 Å². The molecule has 0 bridgehead atoms. The van der Waals surface area contributed by atoms with Gasteiger partial charge in [0.2, 0.25) is 5.91 Å². The van der Waals surface area contributed by atoms with Gasteiger partial charge in [-0.05, 0) is 25.0 Å². The third kappa shape index (κ3) is 3.63. The molecule has 1 amide bonds. The summed E-state index contributed by atoms with van der Waals surface area (Å²) in [5.74, 6) is 1.58. The fourth-order valence-corrected chi connectivity index (χ4v) is 3.78. The summed E-state index contributed by atoms with van der Waals surface area (Å²) in [6.07, 6.45) is 6.29. The Bertz CT molecular complexity index is 1010. The predicted molar refractivity (Wildman–Crippen MR) is 102 cm³/mol. The van der Waals surface area contributed by atoms with Gasteiger partial charge in [0.15, 0.2) is 0 Å². The summed E-state index contributed by atoms with van der Waals surface area (Å²) < 4.78 is 2.06. The van der Waals surface area contributed by atoms with Crippen LogP contribution in [-0.2, 0) is 18.3 Å². The number of rotatable bonds is 4. The molecule has 1 N–H and O–H groups in total. The molecule has 1 aliphatic rings. The molecule has 0 unspecified atom stereocenters. The van der Waals surface area contributed by atoms with Gasteiger partial charge in [-0.2, -0.15) is 0 Å². The third-order valence-corrected chi connectivity index (χ3v) is 5.32. The number of carbonyl (C=O) groups excluding carboxylic acids is 1. The summed E-state index contributed by atoms with van der Waals surface area (Å²) in [4.78, 5) is 38.3. The number of amides is 1. The molecule has 0 saturated carbocycles. The maximum Gasteiger partial charge on any atom is 0.270 e. The number of imidazole rings is 1. The van der Waals surface area contributed by atoms with Crippen molar-refractivity contribution in [3.05, 3.63) is 58.5 Å². The van der Waals surface area contributed by atoms with Gasteiger partial charge in [0.1, 0.15) is 11.5 Å². The van der Waals surface area contributed by atoms with Gasteiger partial charge in [-0.1, -0.05) is 12.1 Å². The third-order valence-electron chi connectivity index (χ3n) is 5.32. The van der Waals surface area contributed by atoms with Crippen LogP contribution in [0.3, 0.4) is 0 Å². The summed E-state index contributed by atoms with van der Waals surface area (Å²) in [6, 6.07) is 7.43. The van der Waals surface area contributed by atoms with Crippen LogP contribution in [0.2, 0.25) is 0 Å². The van der Waals surface area contributed by atoms with E-state index in [1.165, 1.54) is 0 Å². The van der Waals surface area contributed by atoms with Crippen LogP contribution in [0.15, 0.2) is 41.5 Å². The van der Waals surface area contributed by atoms with Gasteiger partial charge >= 0.3 is 0 Å². The van der Waals surface area contributed by atoms with Crippen LogP contribution >= 0.6 is 0 Å². The summed E-state index contributed by atoms with van der Waals surface area (Å²) in [5.41, 5.74) is 1.67. The van der Waals surface area contributed by atoms with Crippen LogP contribution < -0.4 is 5.56 Å². The average molecular weight is 365 g/mol. The molecule has 1 fully saturated rings. The minimum atomic E-state index is -0.213. The molecule has 2 aromatic heterocycles. The Morgan fingerprint density at radius 2 is 2.04 bits per heavy atom. The number of H-pyrrole nitrogens is 1. The molecular weight excluding hydrogens is 342 g/mol. The molecule has 3 aromatic rings. The van der Waals surface area contributed by atoms with Crippen molar-refractivity contribution in [3.8, 4) is 0 Å². The number of carbonyl (C=O) groups is 1. The summed E-state index contributed by atoms with van der Waals surface area (Å²) in [5, 5.41) is 0. The second-order valence-corrected chi connectivity index (χ2v) is 7.08. The largest absolute Gasteiger partial charge is 0.343 e. The van der Waals surface area contributed by atoms with E-state index in [2.05, 4.69) is 19.5 Å². The van der Waals surface area contributed by atoms with Gasteiger partial charge < -0.3 is 14.5 Å². The molecule has 1 saturated heterocycles. The number of benzene rings is 1. The molecule has 27 heavy (non-hydrogen) atoms. The molecular formula is C20H23N5O2. The van der Waals surface area contributed by atoms with E-state index in [0.717, 1.165) is 37.3 Å². The van der Waals surface area contributed by atoms with Crippen molar-refractivity contribution in [3.63, 3.8) is 0 Å². The van der Waals surface area contributed by atoms with E-state index in [1.54, 1.807) is 0 Å². The fraction of sp³-hybridized carbons (Fsp3) is 0.400. The van der Waals surface area contributed by atoms with Gasteiger partial charge in [0, 0.05) is 51.3 Å². The van der Waals surface area contributed by atoms with Crippen LogP contribution in [0.25, 0.3) is 11.0 Å². The van der Waals surface area contributed by atoms with Crippen molar-refractivity contribution >= 4 is 16.9 Å². The highest BCUT2D eigenvalue weighted by Gasteiger charge is 2.25. The molecule has 0 radical (unpaired) electrons. The first-order chi connectivity index (χ1) is 13.1. The van der Waals surface area contributed by atoms with E-state index >= 15 is 0 Å². The van der Waals surface area contributed by atoms with E-state index in [0.29, 0.717) is 30.0 Å². The predicted octanol–water partition coefficient (Wildman–Crippen LogP) is 2.00. The summed E-state index contributed by atoms with van der Waals surface area (Å²) in [6.45, 7) is 1.47. The molecule has 7 nitrogen and oxygen atoms in total. The zero-order valence-corrected chi connectivity index (χ0v) is 15.4. The van der Waals surface area contributed by atoms with Crippen molar-refractivity contribution in [2.45, 2.75) is 31.6 Å². The van der Waals surface area contributed by atoms with Gasteiger partial charge in [-0.25, -0.2) is 9.97 Å². The van der Waals surface area contributed by atoms with Gasteiger partial charge in [0.25, 0.3) is 5.56 Å². The maximum atomic E-state index is 12.6. The van der Waals surface area contributed by atoms with Crippen LogP contribution in [0.4, 0.5) is 0 Å². The minimum Gasteiger partial charge on any atom is -0.343 e. The second-order valence-electron chi connectivity index (χ2n) is 7.08. The molecule has 140 valence electrons. The van der Waals surface area contributed by atoms with Gasteiger partial charge in [-0.15, -0.1) is 0 Å². The van der Waals surface area contributed by atoms with E-state index in [9.17, 15) is 9.59 Å². The van der Waals surface area contributed by atoms with Crippen LogP contribution in [0.1, 0.15) is 36.7 Å². The molecule has 0 spiro atoms. The first-order valence-electron chi connectivity index (χ1n) is 9.35. The van der Waals surface area contributed by atoms with Crippen molar-refractivity contribution in [1.29, 1.82) is 0 Å². The first-order valence-corrected chi connectivity index (χ1v) is 9.35. The maximum absolute atomic E-state index is 12.6. The highest BCUT2D eigenvalue weighted by molar-refractivity contribution is 5.77. The van der Waals surface area contributed by atoms with E-state index in [1.807, 2.05) is 48.6 Å². The number of para-hydroxylation sites is 2. The van der Waals surface area contributed by atoms with Crippen molar-refractivity contribution in [2.24, 2.45) is 7.05 Å². The minimum absolute atomic E-state index is 0.0858. The fourth-order valence-electron chi connectivity index (χ4n) is 3.78. The molecule has 0 aliphatic carbocycles. The number of aromatic nitrogens is 4. The van der Waals surface area contributed by atoms with E-state index in [-0.39, 0.29) is 11.5 Å². The molecule has 1 aromatic carbocycles. The lowest BCUT2D eigenvalue weighted by atomic mass is 9.95. The van der Waals surface area contributed by atoms with E-state index in [4.69, 9.17) is 0 Å². The smallest absolute Gasteiger partial charge is 0.270 e. The Balaban J connectivity index is 1.36. The van der Waals surface area contributed by atoms with Gasteiger partial charge in [-0.3, -0.25) is 9.59 Å². The lowest BCUT2D eigenvalue weighted by molar-refractivity contribution is -0.132. The number of nitrogens with one attached hydrogen (secondary N) is 1. The SMILES string of the molecule is Cn1ccnc1C1CCN(C(=O)CCc2nc3ccccc3[nH]c2=O)CC1. The Kier molecular flexibility index (Phi) is 4.75. The molecule has 0 atom stereocenters. The van der Waals surface area contributed by atoms with Crippen LogP contribution in [-0.4, -0.2) is 43.4 Å². The molecule has 3 heterocycles. The lowest BCUT2D eigenvalue weighted by Gasteiger charge is -2.31. The highest BCUT2D eigenvalue weighted by Crippen LogP contribution is 2.26. The first kappa shape index (κ1) is 17.5. The summed E-state index contributed by atoms with van der Waals surface area (Å²) in [7, 11) is 2.01. The number of fused-ring (bicyclic) bond motifs is 1. The topological polar surface area (TPSA) is 83.9 Å². The molecule has 1 aliphatic heterocycles. The van der Waals surface area contributed by atoms with Crippen LogP contribution in [0, 0.1) is 0 Å². The Morgan fingerprint density at radius 1 is 1.26 bits per heavy atom. The number of hydrogen-bond donors (Lipinski definition) is 1. The normalized spacial score (nSPS) is 15.4. The standard InChI is InChI=1S/C20H23N5O2/c1-24-13-10-21-19(24)14-8-11-25(12-9-14)18(26)7-6-17-20(27)23-16-5-3-2-4-15(16)22-17/h2-5,10,13-14H,6-9,11-12H2,1H3,(H,23,27). The van der Waals surface area contributed by atoms with E-state index < -0.39 is 0 Å².